The second-order valence-corrected chi connectivity index (χ2v) is 2.35. The lowest BCUT2D eigenvalue weighted by molar-refractivity contribution is 0.310. The van der Waals surface area contributed by atoms with E-state index in [1.807, 2.05) is 7.05 Å². The molecular weight excluding hydrogens is 117 g/mol. The summed E-state index contributed by atoms with van der Waals surface area (Å²) in [6.45, 7) is 3.92. The van der Waals surface area contributed by atoms with Crippen molar-refractivity contribution in [2.45, 2.75) is 19.8 Å². The first-order valence-corrected chi connectivity index (χ1v) is 3.55. The summed E-state index contributed by atoms with van der Waals surface area (Å²) >= 11 is 0. The van der Waals surface area contributed by atoms with Gasteiger partial charge >= 0.3 is 0 Å². The van der Waals surface area contributed by atoms with Crippen LogP contribution in [0.2, 0.25) is 0 Å². The first-order chi connectivity index (χ1) is 4.31. The van der Waals surface area contributed by atoms with Crippen molar-refractivity contribution in [3.05, 3.63) is 0 Å². The minimum Gasteiger partial charge on any atom is -0.306 e. The lowest BCUT2D eigenvalue weighted by Gasteiger charge is -2.13. The molecule has 0 spiro atoms. The van der Waals surface area contributed by atoms with E-state index in [4.69, 9.17) is 0 Å². The van der Waals surface area contributed by atoms with E-state index in [1.165, 1.54) is 0 Å². The van der Waals surface area contributed by atoms with Crippen LogP contribution < -0.4 is 0 Å². The molecule has 0 saturated carbocycles. The SMILES string of the molecule is CCCN(C)CCCF. The van der Waals surface area contributed by atoms with Crippen LogP contribution in [0.15, 0.2) is 0 Å². The van der Waals surface area contributed by atoms with E-state index in [0.717, 1.165) is 19.5 Å². The average molecular weight is 133 g/mol. The highest BCUT2D eigenvalue weighted by atomic mass is 19.1. The Bertz CT molecular complexity index is 56.9. The zero-order valence-corrected chi connectivity index (χ0v) is 6.36. The maximum atomic E-state index is 11.6. The molecule has 0 aliphatic rings. The second kappa shape index (κ2) is 6.02. The molecule has 0 amide bonds. The van der Waals surface area contributed by atoms with Gasteiger partial charge in [0.15, 0.2) is 0 Å². The quantitative estimate of drug-likeness (QED) is 0.551. The first kappa shape index (κ1) is 8.89. The molecule has 56 valence electrons. The van der Waals surface area contributed by atoms with Crippen LogP contribution in [0, 0.1) is 0 Å². The normalized spacial score (nSPS) is 10.7. The predicted molar refractivity (Wildman–Crippen MR) is 38.4 cm³/mol. The van der Waals surface area contributed by atoms with E-state index in [1.54, 1.807) is 0 Å². The average Bonchev–Trinajstić information content (AvgIpc) is 1.85. The molecule has 0 radical (unpaired) electrons. The maximum absolute atomic E-state index is 11.6. The summed E-state index contributed by atoms with van der Waals surface area (Å²) in [5.74, 6) is 0. The molecule has 0 atom stereocenters. The lowest BCUT2D eigenvalue weighted by atomic mass is 10.4. The lowest BCUT2D eigenvalue weighted by Crippen LogP contribution is -2.20. The summed E-state index contributed by atoms with van der Waals surface area (Å²) in [6, 6.07) is 0. The van der Waals surface area contributed by atoms with Gasteiger partial charge < -0.3 is 4.90 Å². The maximum Gasteiger partial charge on any atom is 0.0906 e. The Labute approximate surface area is 56.9 Å². The van der Waals surface area contributed by atoms with Crippen molar-refractivity contribution in [3.63, 3.8) is 0 Å². The summed E-state index contributed by atoms with van der Waals surface area (Å²) < 4.78 is 11.6. The van der Waals surface area contributed by atoms with Crippen molar-refractivity contribution in [2.75, 3.05) is 26.8 Å². The van der Waals surface area contributed by atoms with Gasteiger partial charge in [0.05, 0.1) is 6.67 Å². The van der Waals surface area contributed by atoms with Crippen LogP contribution in [0.1, 0.15) is 19.8 Å². The predicted octanol–water partition coefficient (Wildman–Crippen LogP) is 1.69. The summed E-state index contributed by atoms with van der Waals surface area (Å²) in [7, 11) is 2.03. The summed E-state index contributed by atoms with van der Waals surface area (Å²) in [5, 5.41) is 0. The summed E-state index contributed by atoms with van der Waals surface area (Å²) in [6.07, 6.45) is 1.83. The Morgan fingerprint density at radius 2 is 2.00 bits per heavy atom. The molecule has 0 bridgehead atoms. The monoisotopic (exact) mass is 133 g/mol. The van der Waals surface area contributed by atoms with Gasteiger partial charge in [-0.15, -0.1) is 0 Å². The number of nitrogens with zero attached hydrogens (tertiary/aromatic N) is 1. The highest BCUT2D eigenvalue weighted by molar-refractivity contribution is 4.48. The molecule has 0 unspecified atom stereocenters. The van der Waals surface area contributed by atoms with E-state index >= 15 is 0 Å². The third-order valence-electron chi connectivity index (χ3n) is 1.28. The molecular formula is C7H16FN. The molecule has 0 aromatic carbocycles. The molecule has 0 aliphatic heterocycles. The fourth-order valence-corrected chi connectivity index (χ4v) is 0.823. The highest BCUT2D eigenvalue weighted by Gasteiger charge is 1.93. The van der Waals surface area contributed by atoms with E-state index in [9.17, 15) is 4.39 Å². The molecule has 0 heterocycles. The van der Waals surface area contributed by atoms with Crippen molar-refractivity contribution in [2.24, 2.45) is 0 Å². The number of rotatable bonds is 5. The van der Waals surface area contributed by atoms with Gasteiger partial charge in [0.1, 0.15) is 0 Å². The Balaban J connectivity index is 2.95. The summed E-state index contributed by atoms with van der Waals surface area (Å²) in [5.41, 5.74) is 0. The van der Waals surface area contributed by atoms with Gasteiger partial charge in [-0.1, -0.05) is 6.92 Å². The molecule has 0 rings (SSSR count). The van der Waals surface area contributed by atoms with Gasteiger partial charge in [-0.3, -0.25) is 4.39 Å². The topological polar surface area (TPSA) is 3.24 Å². The zero-order valence-electron chi connectivity index (χ0n) is 6.36. The van der Waals surface area contributed by atoms with Crippen LogP contribution in [0.4, 0.5) is 4.39 Å². The van der Waals surface area contributed by atoms with Gasteiger partial charge in [-0.25, -0.2) is 0 Å². The number of hydrogen-bond donors (Lipinski definition) is 0. The van der Waals surface area contributed by atoms with Crippen molar-refractivity contribution < 1.29 is 4.39 Å². The van der Waals surface area contributed by atoms with Gasteiger partial charge in [0, 0.05) is 6.54 Å². The number of alkyl halides is 1. The van der Waals surface area contributed by atoms with Crippen LogP contribution in [0.5, 0.6) is 0 Å². The van der Waals surface area contributed by atoms with Crippen molar-refractivity contribution in [1.29, 1.82) is 0 Å². The van der Waals surface area contributed by atoms with E-state index in [-0.39, 0.29) is 6.67 Å². The van der Waals surface area contributed by atoms with E-state index in [0.29, 0.717) is 6.42 Å². The van der Waals surface area contributed by atoms with Crippen LogP contribution in [-0.2, 0) is 0 Å². The third kappa shape index (κ3) is 5.77. The molecule has 0 aromatic heterocycles. The minimum absolute atomic E-state index is 0.186. The standard InChI is InChI=1S/C7H16FN/c1-3-6-9(2)7-4-5-8/h3-7H2,1-2H3. The largest absolute Gasteiger partial charge is 0.306 e. The van der Waals surface area contributed by atoms with Crippen molar-refractivity contribution in [1.82, 2.24) is 4.90 Å². The van der Waals surface area contributed by atoms with E-state index in [2.05, 4.69) is 11.8 Å². The summed E-state index contributed by atoms with van der Waals surface area (Å²) in [4.78, 5) is 2.15. The van der Waals surface area contributed by atoms with Crippen LogP contribution in [0.25, 0.3) is 0 Å². The smallest absolute Gasteiger partial charge is 0.0906 e. The van der Waals surface area contributed by atoms with Crippen LogP contribution in [-0.4, -0.2) is 31.7 Å². The van der Waals surface area contributed by atoms with Gasteiger partial charge in [-0.05, 0) is 26.4 Å². The molecule has 0 N–H and O–H groups in total. The Kier molecular flexibility index (Phi) is 5.94. The number of halogens is 1. The third-order valence-corrected chi connectivity index (χ3v) is 1.28. The fourth-order valence-electron chi connectivity index (χ4n) is 0.823. The molecule has 1 nitrogen and oxygen atoms in total. The zero-order chi connectivity index (χ0) is 7.11. The second-order valence-electron chi connectivity index (χ2n) is 2.35. The van der Waals surface area contributed by atoms with Crippen molar-refractivity contribution >= 4 is 0 Å². The number of hydrogen-bond acceptors (Lipinski definition) is 1. The molecule has 0 aromatic rings. The molecule has 2 heteroatoms. The van der Waals surface area contributed by atoms with E-state index < -0.39 is 0 Å². The van der Waals surface area contributed by atoms with Gasteiger partial charge in [0.25, 0.3) is 0 Å². The fraction of sp³-hybridized carbons (Fsp3) is 1.00. The minimum atomic E-state index is -0.186. The van der Waals surface area contributed by atoms with Crippen LogP contribution in [0.3, 0.4) is 0 Å². The van der Waals surface area contributed by atoms with Crippen molar-refractivity contribution in [3.8, 4) is 0 Å². The molecule has 0 saturated heterocycles. The van der Waals surface area contributed by atoms with Crippen LogP contribution >= 0.6 is 0 Å². The first-order valence-electron chi connectivity index (χ1n) is 3.55. The van der Waals surface area contributed by atoms with Gasteiger partial charge in [-0.2, -0.15) is 0 Å². The highest BCUT2D eigenvalue weighted by Crippen LogP contribution is 1.89. The Morgan fingerprint density at radius 1 is 1.33 bits per heavy atom. The van der Waals surface area contributed by atoms with Gasteiger partial charge in [0.2, 0.25) is 0 Å². The molecule has 0 aliphatic carbocycles. The Hall–Kier alpha value is -0.110. The molecule has 0 fully saturated rings. The Morgan fingerprint density at radius 3 is 2.44 bits per heavy atom. The molecule has 9 heavy (non-hydrogen) atoms.